The van der Waals surface area contributed by atoms with Crippen molar-refractivity contribution in [3.63, 3.8) is 0 Å². The van der Waals surface area contributed by atoms with Gasteiger partial charge < -0.3 is 5.32 Å². The molecule has 0 bridgehead atoms. The van der Waals surface area contributed by atoms with E-state index >= 15 is 0 Å². The van der Waals surface area contributed by atoms with E-state index in [1.54, 1.807) is 0 Å². The number of hydrogen-bond acceptors (Lipinski definition) is 3. The van der Waals surface area contributed by atoms with Crippen molar-refractivity contribution in [2.75, 3.05) is 11.9 Å². The third-order valence-corrected chi connectivity index (χ3v) is 2.15. The maximum absolute atomic E-state index is 4.41. The third kappa shape index (κ3) is 1.26. The summed E-state index contributed by atoms with van der Waals surface area (Å²) in [6.45, 7) is 3.12. The van der Waals surface area contributed by atoms with E-state index < -0.39 is 0 Å². The minimum Gasteiger partial charge on any atom is -0.370 e. The molecule has 0 saturated carbocycles. The SMILES string of the molecule is CCc1ncc2c(n1)NCCC2. The first-order chi connectivity index (χ1) is 5.90. The number of anilines is 1. The summed E-state index contributed by atoms with van der Waals surface area (Å²) in [7, 11) is 0. The lowest BCUT2D eigenvalue weighted by Gasteiger charge is -2.16. The second kappa shape index (κ2) is 3.09. The molecule has 2 heterocycles. The van der Waals surface area contributed by atoms with Crippen molar-refractivity contribution in [1.82, 2.24) is 9.97 Å². The van der Waals surface area contributed by atoms with Crippen molar-refractivity contribution in [2.24, 2.45) is 0 Å². The molecule has 0 amide bonds. The van der Waals surface area contributed by atoms with Crippen LogP contribution >= 0.6 is 0 Å². The highest BCUT2D eigenvalue weighted by molar-refractivity contribution is 5.44. The summed E-state index contributed by atoms with van der Waals surface area (Å²) >= 11 is 0. The molecule has 3 heteroatoms. The van der Waals surface area contributed by atoms with Crippen LogP contribution in [-0.4, -0.2) is 16.5 Å². The van der Waals surface area contributed by atoms with Crippen molar-refractivity contribution in [2.45, 2.75) is 26.2 Å². The molecule has 1 aromatic rings. The van der Waals surface area contributed by atoms with E-state index in [9.17, 15) is 0 Å². The van der Waals surface area contributed by atoms with Gasteiger partial charge in [0.2, 0.25) is 0 Å². The summed E-state index contributed by atoms with van der Waals surface area (Å²) in [5, 5.41) is 3.29. The summed E-state index contributed by atoms with van der Waals surface area (Å²) in [5.41, 5.74) is 1.26. The molecule has 2 rings (SSSR count). The topological polar surface area (TPSA) is 37.8 Å². The Kier molecular flexibility index (Phi) is 1.94. The van der Waals surface area contributed by atoms with Crippen LogP contribution < -0.4 is 5.32 Å². The fourth-order valence-corrected chi connectivity index (χ4v) is 1.44. The zero-order chi connectivity index (χ0) is 8.39. The van der Waals surface area contributed by atoms with Gasteiger partial charge in [0.05, 0.1) is 0 Å². The quantitative estimate of drug-likeness (QED) is 0.680. The fourth-order valence-electron chi connectivity index (χ4n) is 1.44. The number of aromatic nitrogens is 2. The van der Waals surface area contributed by atoms with E-state index in [0.717, 1.165) is 31.0 Å². The molecule has 0 atom stereocenters. The van der Waals surface area contributed by atoms with Crippen LogP contribution in [0.2, 0.25) is 0 Å². The van der Waals surface area contributed by atoms with E-state index in [1.807, 2.05) is 6.20 Å². The summed E-state index contributed by atoms with van der Waals surface area (Å²) in [6.07, 6.45) is 5.18. The van der Waals surface area contributed by atoms with Crippen LogP contribution in [0.5, 0.6) is 0 Å². The van der Waals surface area contributed by atoms with E-state index in [2.05, 4.69) is 22.2 Å². The molecule has 0 unspecified atom stereocenters. The van der Waals surface area contributed by atoms with Crippen molar-refractivity contribution >= 4 is 5.82 Å². The molecule has 1 aromatic heterocycles. The maximum atomic E-state index is 4.41. The minimum atomic E-state index is 0.912. The predicted molar refractivity (Wildman–Crippen MR) is 48.2 cm³/mol. The molecule has 0 radical (unpaired) electrons. The third-order valence-electron chi connectivity index (χ3n) is 2.15. The number of rotatable bonds is 1. The Bertz CT molecular complexity index is 283. The summed E-state index contributed by atoms with van der Waals surface area (Å²) in [5.74, 6) is 1.98. The number of aryl methyl sites for hydroxylation is 2. The second-order valence-corrected chi connectivity index (χ2v) is 3.04. The van der Waals surface area contributed by atoms with Crippen LogP contribution in [0.25, 0.3) is 0 Å². The average molecular weight is 163 g/mol. The van der Waals surface area contributed by atoms with Gasteiger partial charge in [-0.1, -0.05) is 6.92 Å². The monoisotopic (exact) mass is 163 g/mol. The van der Waals surface area contributed by atoms with E-state index in [4.69, 9.17) is 0 Å². The van der Waals surface area contributed by atoms with Crippen LogP contribution in [0.1, 0.15) is 24.7 Å². The van der Waals surface area contributed by atoms with Gasteiger partial charge in [-0.2, -0.15) is 0 Å². The Morgan fingerprint density at radius 3 is 3.33 bits per heavy atom. The molecule has 3 nitrogen and oxygen atoms in total. The lowest BCUT2D eigenvalue weighted by Crippen LogP contribution is -2.14. The smallest absolute Gasteiger partial charge is 0.132 e. The Labute approximate surface area is 72.2 Å². The van der Waals surface area contributed by atoms with Crippen LogP contribution in [-0.2, 0) is 12.8 Å². The van der Waals surface area contributed by atoms with E-state index in [0.29, 0.717) is 0 Å². The lowest BCUT2D eigenvalue weighted by atomic mass is 10.1. The van der Waals surface area contributed by atoms with Gasteiger partial charge in [0.15, 0.2) is 0 Å². The minimum absolute atomic E-state index is 0.912. The summed E-state index contributed by atoms with van der Waals surface area (Å²) in [4.78, 5) is 8.67. The molecule has 64 valence electrons. The van der Waals surface area contributed by atoms with Gasteiger partial charge in [-0.15, -0.1) is 0 Å². The van der Waals surface area contributed by atoms with Gasteiger partial charge >= 0.3 is 0 Å². The normalized spacial score (nSPS) is 15.1. The van der Waals surface area contributed by atoms with Crippen LogP contribution in [0.4, 0.5) is 5.82 Å². The van der Waals surface area contributed by atoms with Gasteiger partial charge in [-0.25, -0.2) is 9.97 Å². The first kappa shape index (κ1) is 7.53. The molecule has 0 spiro atoms. The molecular weight excluding hydrogens is 150 g/mol. The second-order valence-electron chi connectivity index (χ2n) is 3.04. The fraction of sp³-hybridized carbons (Fsp3) is 0.556. The van der Waals surface area contributed by atoms with Crippen molar-refractivity contribution < 1.29 is 0 Å². The molecule has 0 aliphatic carbocycles. The van der Waals surface area contributed by atoms with Crippen molar-refractivity contribution in [1.29, 1.82) is 0 Å². The zero-order valence-electron chi connectivity index (χ0n) is 7.30. The number of nitrogens with one attached hydrogen (secondary N) is 1. The molecule has 12 heavy (non-hydrogen) atoms. The van der Waals surface area contributed by atoms with Gasteiger partial charge in [-0.3, -0.25) is 0 Å². The van der Waals surface area contributed by atoms with Crippen molar-refractivity contribution in [3.8, 4) is 0 Å². The first-order valence-electron chi connectivity index (χ1n) is 4.49. The molecule has 1 aliphatic heterocycles. The van der Waals surface area contributed by atoms with Gasteiger partial charge in [0.25, 0.3) is 0 Å². The molecular formula is C9H13N3. The highest BCUT2D eigenvalue weighted by atomic mass is 15.0. The molecule has 0 aromatic carbocycles. The number of hydrogen-bond donors (Lipinski definition) is 1. The predicted octanol–water partition coefficient (Wildman–Crippen LogP) is 1.40. The van der Waals surface area contributed by atoms with Gasteiger partial charge in [0, 0.05) is 24.7 Å². The summed E-state index contributed by atoms with van der Waals surface area (Å²) in [6, 6.07) is 0. The van der Waals surface area contributed by atoms with Crippen LogP contribution in [0, 0.1) is 0 Å². The average Bonchev–Trinajstić information content (AvgIpc) is 2.17. The number of nitrogens with zero attached hydrogens (tertiary/aromatic N) is 2. The standard InChI is InChI=1S/C9H13N3/c1-2-8-11-6-7-4-3-5-10-9(7)12-8/h6H,2-5H2,1H3,(H,10,11,12). The van der Waals surface area contributed by atoms with Crippen LogP contribution in [0.3, 0.4) is 0 Å². The highest BCUT2D eigenvalue weighted by Crippen LogP contribution is 2.17. The number of fused-ring (bicyclic) bond motifs is 1. The molecule has 0 saturated heterocycles. The Morgan fingerprint density at radius 2 is 2.50 bits per heavy atom. The van der Waals surface area contributed by atoms with E-state index in [1.165, 1.54) is 12.0 Å². The Morgan fingerprint density at radius 1 is 1.58 bits per heavy atom. The van der Waals surface area contributed by atoms with Gasteiger partial charge in [0.1, 0.15) is 11.6 Å². The zero-order valence-corrected chi connectivity index (χ0v) is 7.30. The highest BCUT2D eigenvalue weighted by Gasteiger charge is 2.09. The Balaban J connectivity index is 2.36. The Hall–Kier alpha value is -1.12. The maximum Gasteiger partial charge on any atom is 0.132 e. The lowest BCUT2D eigenvalue weighted by molar-refractivity contribution is 0.793. The molecule has 0 fully saturated rings. The van der Waals surface area contributed by atoms with E-state index in [-0.39, 0.29) is 0 Å². The first-order valence-corrected chi connectivity index (χ1v) is 4.49. The van der Waals surface area contributed by atoms with Crippen molar-refractivity contribution in [3.05, 3.63) is 17.6 Å². The molecule has 1 N–H and O–H groups in total. The van der Waals surface area contributed by atoms with Crippen LogP contribution in [0.15, 0.2) is 6.20 Å². The van der Waals surface area contributed by atoms with Gasteiger partial charge in [-0.05, 0) is 12.8 Å². The summed E-state index contributed by atoms with van der Waals surface area (Å²) < 4.78 is 0. The largest absolute Gasteiger partial charge is 0.370 e. The molecule has 1 aliphatic rings.